The number of carbonyl (C=O) groups is 4. The second-order valence-corrected chi connectivity index (χ2v) is 13.6. The second kappa shape index (κ2) is 13.4. The molecule has 13 nitrogen and oxygen atoms in total. The number of amides is 4. The zero-order valence-corrected chi connectivity index (χ0v) is 26.6. The van der Waals surface area contributed by atoms with Crippen LogP contribution in [0.2, 0.25) is 0 Å². The van der Waals surface area contributed by atoms with Crippen LogP contribution in [0.4, 0.5) is 11.6 Å². The Labute approximate surface area is 274 Å². The highest BCUT2D eigenvalue weighted by molar-refractivity contribution is 6.23. The van der Waals surface area contributed by atoms with E-state index < -0.39 is 23.8 Å². The van der Waals surface area contributed by atoms with Crippen molar-refractivity contribution in [3.05, 3.63) is 47.3 Å². The first-order valence-corrected chi connectivity index (χ1v) is 16.9. The van der Waals surface area contributed by atoms with Gasteiger partial charge in [0, 0.05) is 57.4 Å². The Hall–Kier alpha value is -4.41. The summed E-state index contributed by atoms with van der Waals surface area (Å²) in [5.74, 6) is 0.0528. The minimum Gasteiger partial charge on any atom is -0.371 e. The highest BCUT2D eigenvalue weighted by Crippen LogP contribution is 2.33. The molecule has 7 rings (SSSR count). The average Bonchev–Trinajstić information content (AvgIpc) is 3.63. The van der Waals surface area contributed by atoms with E-state index in [-0.39, 0.29) is 18.7 Å². The fourth-order valence-electron chi connectivity index (χ4n) is 7.87. The van der Waals surface area contributed by atoms with Gasteiger partial charge in [-0.25, -0.2) is 9.97 Å². The van der Waals surface area contributed by atoms with Crippen LogP contribution in [0.15, 0.2) is 30.6 Å². The predicted octanol–water partition coefficient (Wildman–Crippen LogP) is 1.86. The maximum Gasteiger partial charge on any atom is 0.262 e. The van der Waals surface area contributed by atoms with E-state index in [1.807, 2.05) is 6.07 Å². The Kier molecular flexibility index (Phi) is 8.88. The molecule has 1 aromatic carbocycles. The van der Waals surface area contributed by atoms with Crippen molar-refractivity contribution < 1.29 is 19.2 Å². The van der Waals surface area contributed by atoms with E-state index in [0.717, 1.165) is 88.1 Å². The number of nitrogens with zero attached hydrogens (tertiary/aromatic N) is 7. The predicted molar refractivity (Wildman–Crippen MR) is 172 cm³/mol. The van der Waals surface area contributed by atoms with E-state index in [1.165, 1.54) is 12.8 Å². The van der Waals surface area contributed by atoms with Crippen LogP contribution in [0.1, 0.15) is 71.2 Å². The molecule has 4 amide bonds. The van der Waals surface area contributed by atoms with Crippen LogP contribution in [0.3, 0.4) is 0 Å². The van der Waals surface area contributed by atoms with Gasteiger partial charge in [-0.1, -0.05) is 0 Å². The maximum atomic E-state index is 13.3. The van der Waals surface area contributed by atoms with Gasteiger partial charge in [0.25, 0.3) is 11.8 Å². The summed E-state index contributed by atoms with van der Waals surface area (Å²) in [5, 5.41) is 14.6. The van der Waals surface area contributed by atoms with Gasteiger partial charge in [0.1, 0.15) is 12.1 Å². The Morgan fingerprint density at radius 1 is 0.830 bits per heavy atom. The number of nitriles is 1. The number of likely N-dealkylation sites (tertiary alicyclic amines) is 2. The molecule has 13 heteroatoms. The van der Waals surface area contributed by atoms with E-state index in [4.69, 9.17) is 5.26 Å². The zero-order valence-electron chi connectivity index (χ0n) is 26.6. The van der Waals surface area contributed by atoms with Gasteiger partial charge in [-0.05, 0) is 81.6 Å². The van der Waals surface area contributed by atoms with Crippen molar-refractivity contribution in [2.24, 2.45) is 11.8 Å². The summed E-state index contributed by atoms with van der Waals surface area (Å²) in [5.41, 5.74) is 2.05. The number of benzene rings is 1. The number of rotatable bonds is 8. The van der Waals surface area contributed by atoms with Crippen LogP contribution >= 0.6 is 0 Å². The van der Waals surface area contributed by atoms with Gasteiger partial charge in [-0.15, -0.1) is 0 Å². The van der Waals surface area contributed by atoms with Crippen LogP contribution in [-0.2, 0) is 9.59 Å². The number of anilines is 2. The summed E-state index contributed by atoms with van der Waals surface area (Å²) >= 11 is 0. The number of hydrogen-bond donors (Lipinski definition) is 2. The molecule has 246 valence electrons. The maximum absolute atomic E-state index is 13.3. The quantitative estimate of drug-likeness (QED) is 0.407. The highest BCUT2D eigenvalue weighted by atomic mass is 16.2. The average molecular weight is 640 g/mol. The minimum absolute atomic E-state index is 0.109. The van der Waals surface area contributed by atoms with Crippen molar-refractivity contribution in [1.82, 2.24) is 30.0 Å². The van der Waals surface area contributed by atoms with Gasteiger partial charge in [-0.2, -0.15) is 5.26 Å². The van der Waals surface area contributed by atoms with Gasteiger partial charge in [-0.3, -0.25) is 29.4 Å². The second-order valence-electron chi connectivity index (χ2n) is 13.6. The molecule has 0 aliphatic carbocycles. The first-order valence-electron chi connectivity index (χ1n) is 16.9. The van der Waals surface area contributed by atoms with E-state index in [1.54, 1.807) is 24.5 Å². The van der Waals surface area contributed by atoms with Crippen LogP contribution < -0.4 is 15.5 Å². The number of imide groups is 2. The molecule has 4 fully saturated rings. The molecule has 5 aliphatic rings. The summed E-state index contributed by atoms with van der Waals surface area (Å²) in [4.78, 5) is 67.3. The molecule has 0 bridgehead atoms. The molecule has 47 heavy (non-hydrogen) atoms. The lowest BCUT2D eigenvalue weighted by atomic mass is 9.92. The molecule has 0 saturated carbocycles. The SMILES string of the molecule is N#Cc1cnc(N[C@@H]2CCN(CC3CCN(CC4CCN(c5ccc6c(c5)C(=O)N(C5CCC(=O)NC5=O)C6=O)CC4)CC3)C2)nc1. The Morgan fingerprint density at radius 3 is 2.19 bits per heavy atom. The molecular formula is C34H41N9O4. The number of nitrogens with one attached hydrogen (secondary N) is 2. The van der Waals surface area contributed by atoms with Gasteiger partial charge in [0.2, 0.25) is 17.8 Å². The molecule has 2 atom stereocenters. The summed E-state index contributed by atoms with van der Waals surface area (Å²) < 4.78 is 0. The van der Waals surface area contributed by atoms with E-state index in [0.29, 0.717) is 34.6 Å². The van der Waals surface area contributed by atoms with E-state index in [2.05, 4.69) is 41.4 Å². The molecular weight excluding hydrogens is 598 g/mol. The number of hydrogen-bond acceptors (Lipinski definition) is 11. The minimum atomic E-state index is -0.948. The number of carbonyl (C=O) groups excluding carboxylic acids is 4. The van der Waals surface area contributed by atoms with Crippen molar-refractivity contribution in [3.63, 3.8) is 0 Å². The summed E-state index contributed by atoms with van der Waals surface area (Å²) in [6, 6.07) is 6.85. The highest BCUT2D eigenvalue weighted by Gasteiger charge is 2.45. The molecule has 4 saturated heterocycles. The number of piperidine rings is 3. The summed E-state index contributed by atoms with van der Waals surface area (Å²) in [6.45, 7) is 8.42. The van der Waals surface area contributed by atoms with E-state index in [9.17, 15) is 19.2 Å². The lowest BCUT2D eigenvalue weighted by molar-refractivity contribution is -0.136. The largest absolute Gasteiger partial charge is 0.371 e. The van der Waals surface area contributed by atoms with Crippen LogP contribution in [-0.4, -0.2) is 113 Å². The summed E-state index contributed by atoms with van der Waals surface area (Å²) in [7, 11) is 0. The fourth-order valence-corrected chi connectivity index (χ4v) is 7.87. The Morgan fingerprint density at radius 2 is 1.49 bits per heavy atom. The molecule has 2 N–H and O–H groups in total. The molecule has 5 aliphatic heterocycles. The Bertz CT molecular complexity index is 1570. The van der Waals surface area contributed by atoms with E-state index >= 15 is 0 Å². The van der Waals surface area contributed by atoms with Crippen LogP contribution in [0, 0.1) is 23.2 Å². The van der Waals surface area contributed by atoms with Crippen molar-refractivity contribution in [3.8, 4) is 6.07 Å². The van der Waals surface area contributed by atoms with Crippen LogP contribution in [0.5, 0.6) is 0 Å². The number of aromatic nitrogens is 2. The van der Waals surface area contributed by atoms with Crippen molar-refractivity contribution >= 4 is 35.3 Å². The smallest absolute Gasteiger partial charge is 0.262 e. The molecule has 0 spiro atoms. The van der Waals surface area contributed by atoms with Crippen molar-refractivity contribution in [2.45, 2.75) is 57.0 Å². The van der Waals surface area contributed by atoms with Gasteiger partial charge in [0.15, 0.2) is 0 Å². The lowest BCUT2D eigenvalue weighted by Gasteiger charge is -2.39. The third-order valence-electron chi connectivity index (χ3n) is 10.5. The fraction of sp³-hybridized carbons (Fsp3) is 0.559. The third kappa shape index (κ3) is 6.71. The van der Waals surface area contributed by atoms with Gasteiger partial charge in [0.05, 0.1) is 29.1 Å². The number of fused-ring (bicyclic) bond motifs is 1. The topological polar surface area (TPSA) is 155 Å². The molecule has 1 unspecified atom stereocenters. The Balaban J connectivity index is 0.839. The monoisotopic (exact) mass is 639 g/mol. The zero-order chi connectivity index (χ0) is 32.5. The first kappa shape index (κ1) is 31.2. The first-order chi connectivity index (χ1) is 22.8. The molecule has 1 aromatic heterocycles. The normalized spacial score (nSPS) is 24.8. The third-order valence-corrected chi connectivity index (χ3v) is 10.5. The summed E-state index contributed by atoms with van der Waals surface area (Å²) in [6.07, 6.45) is 9.06. The lowest BCUT2D eigenvalue weighted by Crippen LogP contribution is -2.54. The van der Waals surface area contributed by atoms with Gasteiger partial charge < -0.3 is 20.0 Å². The molecule has 2 aromatic rings. The molecule has 6 heterocycles. The van der Waals surface area contributed by atoms with Crippen molar-refractivity contribution in [1.29, 1.82) is 5.26 Å². The molecule has 0 radical (unpaired) electrons. The van der Waals surface area contributed by atoms with Crippen molar-refractivity contribution in [2.75, 3.05) is 62.6 Å². The van der Waals surface area contributed by atoms with Gasteiger partial charge >= 0.3 is 0 Å². The standard InChI is InChI=1S/C34H41N9O4/c35-16-24-17-36-34(37-18-24)38-25-9-12-41(21-25)20-22-5-10-40(11-6-22)19-23-7-13-42(14-8-23)26-1-2-27-28(15-26)33(47)43(32(27)46)29-3-4-30(44)39-31(29)45/h1-2,15,17-18,22-23,25,29H,3-14,19-21H2,(H,36,37,38)(H,39,44,45)/t25-,29?/m1/s1. The van der Waals surface area contributed by atoms with Crippen LogP contribution in [0.25, 0.3) is 0 Å².